The number of rotatable bonds is 9. The van der Waals surface area contributed by atoms with E-state index in [1.165, 1.54) is 4.90 Å². The van der Waals surface area contributed by atoms with Crippen molar-refractivity contribution < 1.29 is 28.6 Å². The lowest BCUT2D eigenvalue weighted by molar-refractivity contribution is -0.162. The van der Waals surface area contributed by atoms with Crippen LogP contribution in [0, 0.1) is 0 Å². The van der Waals surface area contributed by atoms with Gasteiger partial charge in [0.25, 0.3) is 0 Å². The number of methoxy groups -OCH3 is 1. The second kappa shape index (κ2) is 12.6. The Morgan fingerprint density at radius 2 is 2.00 bits per heavy atom. The lowest BCUT2D eigenvalue weighted by atomic mass is 9.84. The summed E-state index contributed by atoms with van der Waals surface area (Å²) < 4.78 is 16.5. The van der Waals surface area contributed by atoms with E-state index in [9.17, 15) is 14.4 Å². The molecule has 0 saturated carbocycles. The topological polar surface area (TPSA) is 85.4 Å². The fourth-order valence-electron chi connectivity index (χ4n) is 4.55. The van der Waals surface area contributed by atoms with Gasteiger partial charge in [0.1, 0.15) is 13.6 Å². The molecule has 10 heteroatoms. The Morgan fingerprint density at radius 3 is 2.62 bits per heavy atom. The van der Waals surface area contributed by atoms with Crippen LogP contribution in [-0.4, -0.2) is 74.4 Å². The zero-order valence-corrected chi connectivity index (χ0v) is 23.5. The number of nitrogens with zero attached hydrogens (tertiary/aromatic N) is 2. The van der Waals surface area contributed by atoms with E-state index in [1.807, 2.05) is 58.3 Å². The van der Waals surface area contributed by atoms with Crippen molar-refractivity contribution in [2.75, 3.05) is 33.4 Å². The monoisotopic (exact) mass is 528 g/mol. The van der Waals surface area contributed by atoms with E-state index in [4.69, 9.17) is 14.2 Å². The highest BCUT2D eigenvalue weighted by atomic mass is 32.1. The first-order valence-corrected chi connectivity index (χ1v) is 13.5. The van der Waals surface area contributed by atoms with Gasteiger partial charge in [-0.1, -0.05) is 12.1 Å². The molecule has 0 saturated heterocycles. The lowest BCUT2D eigenvalue weighted by Gasteiger charge is -2.39. The molecule has 1 aromatic carbocycles. The summed E-state index contributed by atoms with van der Waals surface area (Å²) in [4.78, 5) is 44.4. The molecule has 2 heterocycles. The second-order valence-electron chi connectivity index (χ2n) is 10.0. The molecule has 3 rings (SSSR count). The number of thiophene rings is 1. The van der Waals surface area contributed by atoms with E-state index in [0.717, 1.165) is 21.7 Å². The number of ether oxygens (including phenoxy) is 3. The highest BCUT2D eigenvalue weighted by Crippen LogP contribution is 2.33. The summed E-state index contributed by atoms with van der Waals surface area (Å²) in [7, 11) is 3.48. The highest BCUT2D eigenvalue weighted by molar-refractivity contribution is 7.09. The summed E-state index contributed by atoms with van der Waals surface area (Å²) in [6.07, 6.45) is 1.10. The van der Waals surface area contributed by atoms with Crippen molar-refractivity contribution >= 4 is 42.4 Å². The largest absolute Gasteiger partial charge is 0.497 e. The molecule has 1 aliphatic rings. The van der Waals surface area contributed by atoms with Crippen LogP contribution in [0.4, 0.5) is 0 Å². The number of esters is 1. The van der Waals surface area contributed by atoms with Crippen LogP contribution in [-0.2, 0) is 36.9 Å². The van der Waals surface area contributed by atoms with E-state index >= 15 is 0 Å². The molecule has 0 spiro atoms. The zero-order valence-electron chi connectivity index (χ0n) is 22.7. The molecule has 0 bridgehead atoms. The van der Waals surface area contributed by atoms with Gasteiger partial charge in [0.05, 0.1) is 20.3 Å². The van der Waals surface area contributed by atoms with Crippen LogP contribution in [0.5, 0.6) is 5.75 Å². The maximum absolute atomic E-state index is 13.6. The summed E-state index contributed by atoms with van der Waals surface area (Å²) in [6, 6.07) is 6.77. The fraction of sp³-hybridized carbons (Fsp3) is 0.519. The predicted octanol–water partition coefficient (Wildman–Crippen LogP) is 2.24. The number of hydrogen-bond acceptors (Lipinski definition) is 7. The van der Waals surface area contributed by atoms with Gasteiger partial charge in [0.2, 0.25) is 0 Å². The van der Waals surface area contributed by atoms with Crippen LogP contribution in [0.25, 0.3) is 0 Å². The zero-order chi connectivity index (χ0) is 27.2. The Kier molecular flexibility index (Phi) is 9.78. The molecule has 200 valence electrons. The first kappa shape index (κ1) is 28.7. The third kappa shape index (κ3) is 6.93. The van der Waals surface area contributed by atoms with Gasteiger partial charge in [-0.3, -0.25) is 9.59 Å². The van der Waals surface area contributed by atoms with Gasteiger partial charge in [-0.25, -0.2) is 4.79 Å². The maximum atomic E-state index is 13.6. The molecule has 0 fully saturated rings. The standard InChI is InChI=1S/C27H37BN2O6S/c1-6-36-26(33)23-20-16-21(28)22(34-5)15-18(20)10-12-29(23)24(31)25(32)30(27(2,3)4)11-8-13-35-17-19-9-7-14-37-19/h7,9,14-16,23H,6,8,10-13,17,28H2,1-5H3. The van der Waals surface area contributed by atoms with Crippen LogP contribution >= 0.6 is 11.3 Å². The highest BCUT2D eigenvalue weighted by Gasteiger charge is 2.42. The molecule has 1 unspecified atom stereocenters. The number of carbonyl (C=O) groups excluding carboxylic acids is 3. The maximum Gasteiger partial charge on any atom is 0.333 e. The number of benzene rings is 1. The first-order valence-electron chi connectivity index (χ1n) is 12.6. The Balaban J connectivity index is 1.78. The summed E-state index contributed by atoms with van der Waals surface area (Å²) in [5, 5.41) is 2.00. The molecule has 0 N–H and O–H groups in total. The number of amides is 2. The normalized spacial score (nSPS) is 15.2. The van der Waals surface area contributed by atoms with Gasteiger partial charge >= 0.3 is 17.8 Å². The number of carbonyl (C=O) groups is 3. The van der Waals surface area contributed by atoms with Gasteiger partial charge in [-0.15, -0.1) is 11.3 Å². The number of hydrogen-bond donors (Lipinski definition) is 0. The first-order chi connectivity index (χ1) is 17.6. The van der Waals surface area contributed by atoms with Gasteiger partial charge in [-0.05, 0) is 74.6 Å². The minimum atomic E-state index is -0.985. The third-order valence-electron chi connectivity index (χ3n) is 6.39. The van der Waals surface area contributed by atoms with Crippen LogP contribution in [0.15, 0.2) is 29.6 Å². The molecule has 1 aliphatic heterocycles. The molecule has 0 aliphatic carbocycles. The summed E-state index contributed by atoms with van der Waals surface area (Å²) >= 11 is 1.64. The second-order valence-corrected chi connectivity index (χ2v) is 11.1. The molecule has 1 atom stereocenters. The van der Waals surface area contributed by atoms with Crippen molar-refractivity contribution in [2.24, 2.45) is 0 Å². The van der Waals surface area contributed by atoms with E-state index in [0.29, 0.717) is 38.2 Å². The fourth-order valence-corrected chi connectivity index (χ4v) is 5.19. The van der Waals surface area contributed by atoms with Crippen molar-refractivity contribution in [2.45, 2.75) is 58.7 Å². The Bertz CT molecular complexity index is 1100. The van der Waals surface area contributed by atoms with Crippen LogP contribution in [0.1, 0.15) is 56.2 Å². The Hall–Kier alpha value is -2.85. The molecule has 2 aromatic rings. The minimum absolute atomic E-state index is 0.176. The molecule has 2 amide bonds. The average molecular weight is 528 g/mol. The van der Waals surface area contributed by atoms with E-state index in [1.54, 1.807) is 30.3 Å². The lowest BCUT2D eigenvalue weighted by Crippen LogP contribution is -2.55. The van der Waals surface area contributed by atoms with Gasteiger partial charge in [0, 0.05) is 30.1 Å². The third-order valence-corrected chi connectivity index (χ3v) is 7.24. The summed E-state index contributed by atoms with van der Waals surface area (Å²) in [5.41, 5.74) is 1.84. The van der Waals surface area contributed by atoms with Crippen molar-refractivity contribution in [1.82, 2.24) is 9.80 Å². The van der Waals surface area contributed by atoms with Gasteiger partial charge < -0.3 is 24.0 Å². The molecular weight excluding hydrogens is 491 g/mol. The van der Waals surface area contributed by atoms with Crippen molar-refractivity contribution in [3.8, 4) is 5.75 Å². The summed E-state index contributed by atoms with van der Waals surface area (Å²) in [6.45, 7) is 9.18. The van der Waals surface area contributed by atoms with Crippen molar-refractivity contribution in [1.29, 1.82) is 0 Å². The van der Waals surface area contributed by atoms with Crippen LogP contribution < -0.4 is 10.2 Å². The van der Waals surface area contributed by atoms with Crippen molar-refractivity contribution in [3.63, 3.8) is 0 Å². The summed E-state index contributed by atoms with van der Waals surface area (Å²) in [5.74, 6) is -1.16. The molecule has 1 aromatic heterocycles. The SMILES string of the molecule is Bc1cc2c(cc1OC)CCN(C(=O)C(=O)N(CCCOCc1cccs1)C(C)(C)C)C2C(=O)OCC. The van der Waals surface area contributed by atoms with Crippen molar-refractivity contribution in [3.05, 3.63) is 45.6 Å². The predicted molar refractivity (Wildman–Crippen MR) is 146 cm³/mol. The van der Waals surface area contributed by atoms with Gasteiger partial charge in [-0.2, -0.15) is 0 Å². The Morgan fingerprint density at radius 1 is 1.24 bits per heavy atom. The average Bonchev–Trinajstić information content (AvgIpc) is 3.37. The van der Waals surface area contributed by atoms with E-state index in [2.05, 4.69) is 0 Å². The molecule has 0 radical (unpaired) electrons. The molecular formula is C27H37BN2O6S. The van der Waals surface area contributed by atoms with E-state index < -0.39 is 29.4 Å². The smallest absolute Gasteiger partial charge is 0.333 e. The van der Waals surface area contributed by atoms with Crippen LogP contribution in [0.2, 0.25) is 0 Å². The molecule has 8 nitrogen and oxygen atoms in total. The minimum Gasteiger partial charge on any atom is -0.497 e. The van der Waals surface area contributed by atoms with Gasteiger partial charge in [0.15, 0.2) is 6.04 Å². The number of fused-ring (bicyclic) bond motifs is 1. The van der Waals surface area contributed by atoms with Crippen LogP contribution in [0.3, 0.4) is 0 Å². The quantitative estimate of drug-likeness (QED) is 0.215. The Labute approximate surface area is 224 Å². The van der Waals surface area contributed by atoms with E-state index in [-0.39, 0.29) is 13.2 Å². The molecule has 37 heavy (non-hydrogen) atoms.